The summed E-state index contributed by atoms with van der Waals surface area (Å²) in [6.45, 7) is 0.675. The normalized spacial score (nSPS) is 12.6. The summed E-state index contributed by atoms with van der Waals surface area (Å²) >= 11 is 5.79. The second-order valence-electron chi connectivity index (χ2n) is 4.09. The Balaban J connectivity index is 2.13. The number of nitrogens with one attached hydrogen (secondary N) is 1. The number of aromatic nitrogens is 2. The summed E-state index contributed by atoms with van der Waals surface area (Å²) in [6, 6.07) is 7.95. The van der Waals surface area contributed by atoms with Crippen LogP contribution in [0.1, 0.15) is 23.6 Å². The Morgan fingerprint density at radius 3 is 2.82 bits per heavy atom. The molecule has 0 aliphatic heterocycles. The Labute approximate surface area is 106 Å². The Hall–Kier alpha value is -1.32. The zero-order valence-corrected chi connectivity index (χ0v) is 10.3. The van der Waals surface area contributed by atoms with Crippen molar-refractivity contribution in [3.8, 4) is 0 Å². The molecule has 4 heteroatoms. The van der Waals surface area contributed by atoms with Gasteiger partial charge in [0.25, 0.3) is 0 Å². The quantitative estimate of drug-likeness (QED) is 0.801. The van der Waals surface area contributed by atoms with Crippen molar-refractivity contribution in [3.63, 3.8) is 0 Å². The monoisotopic (exact) mass is 249 g/mol. The Morgan fingerprint density at radius 2 is 2.24 bits per heavy atom. The maximum absolute atomic E-state index is 5.79. The van der Waals surface area contributed by atoms with Crippen LogP contribution in [-0.4, -0.2) is 16.5 Å². The third-order valence-electron chi connectivity index (χ3n) is 2.87. The summed E-state index contributed by atoms with van der Waals surface area (Å²) in [5.41, 5.74) is 8.08. The van der Waals surface area contributed by atoms with Crippen molar-refractivity contribution in [1.29, 1.82) is 0 Å². The van der Waals surface area contributed by atoms with E-state index in [1.165, 1.54) is 11.3 Å². The van der Waals surface area contributed by atoms with Crippen molar-refractivity contribution in [2.75, 3.05) is 6.54 Å². The van der Waals surface area contributed by atoms with Crippen LogP contribution in [0.4, 0.5) is 0 Å². The van der Waals surface area contributed by atoms with Gasteiger partial charge in [0.1, 0.15) is 5.15 Å². The summed E-state index contributed by atoms with van der Waals surface area (Å²) in [5, 5.41) is 0.528. The molecule has 1 atom stereocenters. The molecule has 0 aliphatic carbocycles. The second kappa shape index (κ2) is 5.84. The predicted molar refractivity (Wildman–Crippen MR) is 70.2 cm³/mol. The number of rotatable bonds is 5. The lowest BCUT2D eigenvalue weighted by atomic mass is 9.92. The highest BCUT2D eigenvalue weighted by molar-refractivity contribution is 6.29. The molecule has 2 aromatic heterocycles. The van der Waals surface area contributed by atoms with Gasteiger partial charge in [-0.1, -0.05) is 17.7 Å². The number of hydrogen-bond acceptors (Lipinski definition) is 2. The topological polar surface area (TPSA) is 54.7 Å². The van der Waals surface area contributed by atoms with Crippen molar-refractivity contribution < 1.29 is 0 Å². The first-order valence-electron chi connectivity index (χ1n) is 5.73. The van der Waals surface area contributed by atoms with E-state index in [2.05, 4.69) is 16.0 Å². The molecule has 0 saturated carbocycles. The fourth-order valence-corrected chi connectivity index (χ4v) is 2.09. The van der Waals surface area contributed by atoms with E-state index in [4.69, 9.17) is 17.3 Å². The van der Waals surface area contributed by atoms with E-state index in [9.17, 15) is 0 Å². The number of pyridine rings is 1. The standard InChI is InChI=1S/C13H16ClN3/c14-13-4-3-11(9-17-13)10(5-6-15)8-12-2-1-7-16-12/h1-4,7,9-10,16H,5-6,8,15H2. The minimum Gasteiger partial charge on any atom is -0.365 e. The zero-order chi connectivity index (χ0) is 12.1. The molecule has 17 heavy (non-hydrogen) atoms. The average Bonchev–Trinajstić information content (AvgIpc) is 2.82. The van der Waals surface area contributed by atoms with Crippen molar-refractivity contribution in [1.82, 2.24) is 9.97 Å². The smallest absolute Gasteiger partial charge is 0.129 e. The van der Waals surface area contributed by atoms with E-state index in [1.807, 2.05) is 30.6 Å². The summed E-state index contributed by atoms with van der Waals surface area (Å²) < 4.78 is 0. The first-order valence-corrected chi connectivity index (χ1v) is 6.11. The van der Waals surface area contributed by atoms with Gasteiger partial charge in [-0.3, -0.25) is 0 Å². The van der Waals surface area contributed by atoms with Gasteiger partial charge >= 0.3 is 0 Å². The van der Waals surface area contributed by atoms with Crippen LogP contribution in [0.15, 0.2) is 36.7 Å². The highest BCUT2D eigenvalue weighted by atomic mass is 35.5. The Bertz CT molecular complexity index is 436. The van der Waals surface area contributed by atoms with E-state index >= 15 is 0 Å². The number of aromatic amines is 1. The van der Waals surface area contributed by atoms with Gasteiger partial charge < -0.3 is 10.7 Å². The lowest BCUT2D eigenvalue weighted by Crippen LogP contribution is -2.10. The predicted octanol–water partition coefficient (Wildman–Crippen LogP) is 2.74. The van der Waals surface area contributed by atoms with Gasteiger partial charge in [-0.25, -0.2) is 4.98 Å². The van der Waals surface area contributed by atoms with Gasteiger partial charge in [-0.05, 0) is 49.1 Å². The summed E-state index contributed by atoms with van der Waals surface area (Å²) in [4.78, 5) is 7.35. The van der Waals surface area contributed by atoms with Crippen LogP contribution in [0.25, 0.3) is 0 Å². The molecule has 0 bridgehead atoms. The van der Waals surface area contributed by atoms with Crippen LogP contribution < -0.4 is 5.73 Å². The van der Waals surface area contributed by atoms with Crippen LogP contribution in [0.2, 0.25) is 5.15 Å². The van der Waals surface area contributed by atoms with Crippen molar-refractivity contribution >= 4 is 11.6 Å². The van der Waals surface area contributed by atoms with Crippen molar-refractivity contribution in [2.24, 2.45) is 5.73 Å². The molecular formula is C13H16ClN3. The fourth-order valence-electron chi connectivity index (χ4n) is 1.98. The fraction of sp³-hybridized carbons (Fsp3) is 0.308. The van der Waals surface area contributed by atoms with Crippen LogP contribution in [0.5, 0.6) is 0 Å². The van der Waals surface area contributed by atoms with E-state index in [0.717, 1.165) is 12.8 Å². The molecule has 2 rings (SSSR count). The highest BCUT2D eigenvalue weighted by Gasteiger charge is 2.12. The molecule has 90 valence electrons. The Morgan fingerprint density at radius 1 is 1.35 bits per heavy atom. The maximum atomic E-state index is 5.79. The molecule has 0 radical (unpaired) electrons. The van der Waals surface area contributed by atoms with Gasteiger partial charge in [-0.15, -0.1) is 0 Å². The van der Waals surface area contributed by atoms with Crippen molar-refractivity contribution in [2.45, 2.75) is 18.8 Å². The lowest BCUT2D eigenvalue weighted by molar-refractivity contribution is 0.621. The van der Waals surface area contributed by atoms with Gasteiger partial charge in [0.15, 0.2) is 0 Å². The SMILES string of the molecule is NCCC(Cc1ccc[nH]1)c1ccc(Cl)nc1. The molecule has 0 saturated heterocycles. The minimum atomic E-state index is 0.392. The third-order valence-corrected chi connectivity index (χ3v) is 3.09. The molecule has 0 spiro atoms. The lowest BCUT2D eigenvalue weighted by Gasteiger charge is -2.15. The maximum Gasteiger partial charge on any atom is 0.129 e. The third kappa shape index (κ3) is 3.32. The van der Waals surface area contributed by atoms with Gasteiger partial charge in [0.2, 0.25) is 0 Å². The molecule has 0 fully saturated rings. The van der Waals surface area contributed by atoms with Gasteiger partial charge in [0.05, 0.1) is 0 Å². The number of nitrogens with two attached hydrogens (primary N) is 1. The van der Waals surface area contributed by atoms with E-state index in [1.54, 1.807) is 0 Å². The van der Waals surface area contributed by atoms with Crippen LogP contribution in [0, 0.1) is 0 Å². The highest BCUT2D eigenvalue weighted by Crippen LogP contribution is 2.23. The molecule has 0 aromatic carbocycles. The van der Waals surface area contributed by atoms with Gasteiger partial charge in [-0.2, -0.15) is 0 Å². The molecule has 0 amide bonds. The van der Waals surface area contributed by atoms with Gasteiger partial charge in [0, 0.05) is 18.1 Å². The molecule has 1 unspecified atom stereocenters. The zero-order valence-electron chi connectivity index (χ0n) is 9.57. The summed E-state index contributed by atoms with van der Waals surface area (Å²) in [5.74, 6) is 0.392. The number of H-pyrrole nitrogens is 1. The van der Waals surface area contributed by atoms with E-state index < -0.39 is 0 Å². The molecule has 2 heterocycles. The molecule has 2 aromatic rings. The Kier molecular flexibility index (Phi) is 4.18. The molecule has 3 N–H and O–H groups in total. The van der Waals surface area contributed by atoms with Crippen LogP contribution >= 0.6 is 11.6 Å². The molecular weight excluding hydrogens is 234 g/mol. The second-order valence-corrected chi connectivity index (χ2v) is 4.48. The summed E-state index contributed by atoms with van der Waals surface area (Å²) in [6.07, 6.45) is 5.68. The first kappa shape index (κ1) is 12.1. The number of halogens is 1. The van der Waals surface area contributed by atoms with Crippen LogP contribution in [-0.2, 0) is 6.42 Å². The minimum absolute atomic E-state index is 0.392. The number of hydrogen-bond donors (Lipinski definition) is 2. The van der Waals surface area contributed by atoms with E-state index in [-0.39, 0.29) is 0 Å². The summed E-state index contributed by atoms with van der Waals surface area (Å²) in [7, 11) is 0. The number of nitrogens with zero attached hydrogens (tertiary/aromatic N) is 1. The first-order chi connectivity index (χ1) is 8.29. The van der Waals surface area contributed by atoms with Crippen molar-refractivity contribution in [3.05, 3.63) is 53.1 Å². The van der Waals surface area contributed by atoms with Crippen LogP contribution in [0.3, 0.4) is 0 Å². The largest absolute Gasteiger partial charge is 0.365 e. The van der Waals surface area contributed by atoms with E-state index in [0.29, 0.717) is 17.6 Å². The molecule has 3 nitrogen and oxygen atoms in total. The average molecular weight is 250 g/mol. The molecule has 0 aliphatic rings.